The topological polar surface area (TPSA) is 24.9 Å². The third-order valence-electron chi connectivity index (χ3n) is 9.75. The van der Waals surface area contributed by atoms with Crippen molar-refractivity contribution in [2.45, 2.75) is 91.3 Å². The Morgan fingerprint density at radius 2 is 1.27 bits per heavy atom. The molecule has 2 aliphatic heterocycles. The number of benzene rings is 4. The van der Waals surface area contributed by atoms with E-state index in [1.807, 2.05) is 0 Å². The van der Waals surface area contributed by atoms with E-state index in [4.69, 9.17) is 9.47 Å². The molecule has 0 amide bonds. The molecule has 2 heterocycles. The Labute approximate surface area is 264 Å². The van der Waals surface area contributed by atoms with Crippen LogP contribution in [0.1, 0.15) is 99.2 Å². The van der Waals surface area contributed by atoms with E-state index < -0.39 is 0 Å². The fourth-order valence-electron chi connectivity index (χ4n) is 6.58. The lowest BCUT2D eigenvalue weighted by Gasteiger charge is -2.35. The van der Waals surface area contributed by atoms with Crippen LogP contribution in [0.4, 0.5) is 5.69 Å². The molecule has 2 aliphatic rings. The molecular weight excluding hydrogens is 540 g/mol. The molecule has 4 aromatic carbocycles. The molecule has 4 aromatic rings. The molecule has 6 rings (SSSR count). The van der Waals surface area contributed by atoms with Crippen molar-refractivity contribution >= 4 is 5.69 Å². The Morgan fingerprint density at radius 3 is 1.86 bits per heavy atom. The van der Waals surface area contributed by atoms with Crippen LogP contribution in [0.2, 0.25) is 0 Å². The zero-order chi connectivity index (χ0) is 30.8. The number of fused-ring (bicyclic) bond motifs is 2. The lowest BCUT2D eigenvalue weighted by Crippen LogP contribution is -2.38. The van der Waals surface area contributed by atoms with E-state index in [9.17, 15) is 0 Å². The smallest absolute Gasteiger partial charge is 0.161 e. The first kappa shape index (κ1) is 30.3. The summed E-state index contributed by atoms with van der Waals surface area (Å²) in [5.74, 6) is 2.57. The highest BCUT2D eigenvalue weighted by Crippen LogP contribution is 2.39. The van der Waals surface area contributed by atoms with Crippen LogP contribution in [0.5, 0.6) is 11.5 Å². The highest BCUT2D eigenvalue weighted by Gasteiger charge is 2.29. The average Bonchev–Trinajstić information content (AvgIpc) is 3.04. The molecule has 4 heteroatoms. The van der Waals surface area contributed by atoms with Crippen molar-refractivity contribution in [1.82, 2.24) is 4.90 Å². The Kier molecular flexibility index (Phi) is 8.73. The van der Waals surface area contributed by atoms with Gasteiger partial charge >= 0.3 is 0 Å². The van der Waals surface area contributed by atoms with Crippen LogP contribution in [0.25, 0.3) is 0 Å². The van der Waals surface area contributed by atoms with Gasteiger partial charge in [-0.1, -0.05) is 89.6 Å². The van der Waals surface area contributed by atoms with E-state index in [1.165, 1.54) is 57.5 Å². The number of ether oxygens (including phenoxy) is 2. The maximum Gasteiger partial charge on any atom is 0.161 e. The Bertz CT molecular complexity index is 1570. The predicted octanol–water partition coefficient (Wildman–Crippen LogP) is 9.42. The van der Waals surface area contributed by atoms with Crippen molar-refractivity contribution in [2.75, 3.05) is 18.4 Å². The van der Waals surface area contributed by atoms with Gasteiger partial charge in [0.15, 0.2) is 6.73 Å². The van der Waals surface area contributed by atoms with E-state index in [0.29, 0.717) is 25.4 Å². The van der Waals surface area contributed by atoms with Crippen LogP contribution in [0.3, 0.4) is 0 Å². The summed E-state index contributed by atoms with van der Waals surface area (Å²) < 4.78 is 12.4. The van der Waals surface area contributed by atoms with E-state index in [2.05, 4.69) is 136 Å². The summed E-state index contributed by atoms with van der Waals surface area (Å²) >= 11 is 0. The summed E-state index contributed by atoms with van der Waals surface area (Å²) in [5, 5.41) is 0. The van der Waals surface area contributed by atoms with Gasteiger partial charge < -0.3 is 14.4 Å². The van der Waals surface area contributed by atoms with Crippen molar-refractivity contribution < 1.29 is 9.47 Å². The molecule has 0 saturated carbocycles. The summed E-state index contributed by atoms with van der Waals surface area (Å²) in [5.41, 5.74) is 10.2. The Morgan fingerprint density at radius 1 is 0.705 bits per heavy atom. The molecular formula is C40H48N2O2. The van der Waals surface area contributed by atoms with Crippen LogP contribution in [-0.4, -0.2) is 24.4 Å². The molecule has 0 fully saturated rings. The van der Waals surface area contributed by atoms with Gasteiger partial charge in [0.25, 0.3) is 0 Å². The summed E-state index contributed by atoms with van der Waals surface area (Å²) in [7, 11) is 0. The van der Waals surface area contributed by atoms with Crippen LogP contribution in [-0.2, 0) is 24.9 Å². The summed E-state index contributed by atoms with van der Waals surface area (Å²) in [4.78, 5) is 4.77. The quantitative estimate of drug-likeness (QED) is 0.194. The molecule has 0 bridgehead atoms. The highest BCUT2D eigenvalue weighted by molar-refractivity contribution is 5.53. The summed E-state index contributed by atoms with van der Waals surface area (Å²) in [6.45, 7) is 16.7. The maximum atomic E-state index is 6.25. The number of hydrogen-bond acceptors (Lipinski definition) is 4. The Hall–Kier alpha value is -3.76. The zero-order valence-electron chi connectivity index (χ0n) is 27.4. The number of nitrogens with zero attached hydrogens (tertiary/aromatic N) is 2. The second-order valence-electron chi connectivity index (χ2n) is 13.6. The van der Waals surface area contributed by atoms with Crippen LogP contribution in [0, 0.1) is 0 Å². The van der Waals surface area contributed by atoms with Crippen molar-refractivity contribution in [2.24, 2.45) is 0 Å². The van der Waals surface area contributed by atoms with Gasteiger partial charge in [-0.15, -0.1) is 0 Å². The average molecular weight is 589 g/mol. The SMILES string of the molecule is CCCC(C)N1COc2ccc(C(C)(C)c3ccc4c(c3)CN(c3ccc(Cc5ccc(C(C)C)cc5)cc3)CO4)cc2C1. The van der Waals surface area contributed by atoms with E-state index in [-0.39, 0.29) is 5.41 Å². The van der Waals surface area contributed by atoms with E-state index in [1.54, 1.807) is 0 Å². The molecule has 230 valence electrons. The van der Waals surface area contributed by atoms with Crippen molar-refractivity contribution in [3.8, 4) is 11.5 Å². The minimum Gasteiger partial charge on any atom is -0.478 e. The van der Waals surface area contributed by atoms with Gasteiger partial charge in [0.1, 0.15) is 18.2 Å². The fraction of sp³-hybridized carbons (Fsp3) is 0.400. The molecule has 1 unspecified atom stereocenters. The summed E-state index contributed by atoms with van der Waals surface area (Å²) in [6.07, 6.45) is 3.33. The van der Waals surface area contributed by atoms with Gasteiger partial charge in [-0.05, 0) is 89.9 Å². The lowest BCUT2D eigenvalue weighted by atomic mass is 9.77. The fourth-order valence-corrected chi connectivity index (χ4v) is 6.58. The van der Waals surface area contributed by atoms with Gasteiger partial charge in [0.2, 0.25) is 0 Å². The van der Waals surface area contributed by atoms with Crippen LogP contribution >= 0.6 is 0 Å². The predicted molar refractivity (Wildman–Crippen MR) is 182 cm³/mol. The zero-order valence-corrected chi connectivity index (χ0v) is 27.4. The van der Waals surface area contributed by atoms with Crippen LogP contribution in [0.15, 0.2) is 84.9 Å². The van der Waals surface area contributed by atoms with Crippen LogP contribution < -0.4 is 14.4 Å². The number of hydrogen-bond donors (Lipinski definition) is 0. The standard InChI is InChI=1S/C40H48N2O2/c1-7-8-29(4)41-24-33-22-35(15-19-38(33)43-26-41)40(5,6)36-16-20-39-34(23-36)25-42(27-44-39)37-17-11-31(12-18-37)21-30-9-13-32(14-10-30)28(2)3/h9-20,22-23,28-29H,7-8,21,24-27H2,1-6H3. The number of anilines is 1. The monoisotopic (exact) mass is 588 g/mol. The first-order chi connectivity index (χ1) is 21.2. The molecule has 0 spiro atoms. The maximum absolute atomic E-state index is 6.25. The van der Waals surface area contributed by atoms with Gasteiger partial charge in [0, 0.05) is 41.4 Å². The number of rotatable bonds is 9. The van der Waals surface area contributed by atoms with E-state index in [0.717, 1.165) is 31.0 Å². The second-order valence-corrected chi connectivity index (χ2v) is 13.6. The van der Waals surface area contributed by atoms with Gasteiger partial charge in [-0.3, -0.25) is 4.90 Å². The third-order valence-corrected chi connectivity index (χ3v) is 9.75. The third kappa shape index (κ3) is 6.37. The Balaban J connectivity index is 1.16. The first-order valence-corrected chi connectivity index (χ1v) is 16.4. The van der Waals surface area contributed by atoms with Gasteiger partial charge in [-0.2, -0.15) is 0 Å². The van der Waals surface area contributed by atoms with Gasteiger partial charge in [-0.25, -0.2) is 0 Å². The molecule has 44 heavy (non-hydrogen) atoms. The minimum atomic E-state index is -0.154. The lowest BCUT2D eigenvalue weighted by molar-refractivity contribution is 0.0585. The molecule has 0 aromatic heterocycles. The normalized spacial score (nSPS) is 15.8. The molecule has 0 N–H and O–H groups in total. The molecule has 0 aliphatic carbocycles. The van der Waals surface area contributed by atoms with Gasteiger partial charge in [0.05, 0.1) is 0 Å². The van der Waals surface area contributed by atoms with E-state index >= 15 is 0 Å². The van der Waals surface area contributed by atoms with Crippen molar-refractivity contribution in [3.63, 3.8) is 0 Å². The largest absolute Gasteiger partial charge is 0.478 e. The molecule has 4 nitrogen and oxygen atoms in total. The molecule has 1 atom stereocenters. The van der Waals surface area contributed by atoms with Crippen molar-refractivity contribution in [1.29, 1.82) is 0 Å². The van der Waals surface area contributed by atoms with Crippen molar-refractivity contribution in [3.05, 3.63) is 124 Å². The molecule has 0 saturated heterocycles. The second kappa shape index (κ2) is 12.7. The first-order valence-electron chi connectivity index (χ1n) is 16.4. The summed E-state index contributed by atoms with van der Waals surface area (Å²) in [6, 6.07) is 32.1. The highest BCUT2D eigenvalue weighted by atomic mass is 16.5. The minimum absolute atomic E-state index is 0.154. The molecule has 0 radical (unpaired) electrons.